The molecule has 1 saturated carbocycles. The summed E-state index contributed by atoms with van der Waals surface area (Å²) in [5, 5.41) is 0. The molecule has 1 unspecified atom stereocenters. The summed E-state index contributed by atoms with van der Waals surface area (Å²) >= 11 is 0. The number of oxazole rings is 1. The Labute approximate surface area is 147 Å². The van der Waals surface area contributed by atoms with E-state index in [1.807, 2.05) is 24.3 Å². The van der Waals surface area contributed by atoms with Crippen LogP contribution in [0.25, 0.3) is 11.1 Å². The maximum Gasteiger partial charge on any atom is 0.200 e. The fourth-order valence-electron chi connectivity index (χ4n) is 3.91. The van der Waals surface area contributed by atoms with E-state index in [4.69, 9.17) is 9.40 Å². The molecule has 2 fully saturated rings. The lowest BCUT2D eigenvalue weighted by molar-refractivity contribution is 0.406. The summed E-state index contributed by atoms with van der Waals surface area (Å²) in [6.07, 6.45) is 7.83. The number of fused-ring (bicyclic) bond motifs is 1. The van der Waals surface area contributed by atoms with Crippen LogP contribution in [-0.4, -0.2) is 28.0 Å². The van der Waals surface area contributed by atoms with E-state index in [1.54, 1.807) is 6.33 Å². The van der Waals surface area contributed by atoms with Crippen molar-refractivity contribution in [2.45, 2.75) is 43.9 Å². The van der Waals surface area contributed by atoms with E-state index < -0.39 is 0 Å². The quantitative estimate of drug-likeness (QED) is 0.716. The molecular weight excluding hydrogens is 312 g/mol. The van der Waals surface area contributed by atoms with Crippen LogP contribution in [0.2, 0.25) is 0 Å². The van der Waals surface area contributed by atoms with Crippen molar-refractivity contribution in [2.75, 3.05) is 18.0 Å². The summed E-state index contributed by atoms with van der Waals surface area (Å²) < 4.78 is 6.01. The molecule has 1 aliphatic heterocycles. The fourth-order valence-corrected chi connectivity index (χ4v) is 3.91. The summed E-state index contributed by atoms with van der Waals surface area (Å²) in [6, 6.07) is 10.2. The standard InChI is InChI=1S/C20H22N4O/c1-2-9-18-16(8-1)23-20(25-18)15-7-4-10-24(12-15)19-11-17(21-13-22-19)14-5-3-6-14/h1-2,8-9,11,13-15H,3-7,10,12H2. The monoisotopic (exact) mass is 334 g/mol. The summed E-state index contributed by atoms with van der Waals surface area (Å²) in [4.78, 5) is 16.1. The number of hydrogen-bond acceptors (Lipinski definition) is 5. The Balaban J connectivity index is 1.38. The molecule has 0 spiro atoms. The van der Waals surface area contributed by atoms with Gasteiger partial charge in [-0.1, -0.05) is 18.6 Å². The molecule has 5 nitrogen and oxygen atoms in total. The normalized spacial score (nSPS) is 21.4. The van der Waals surface area contributed by atoms with Gasteiger partial charge in [0.25, 0.3) is 0 Å². The van der Waals surface area contributed by atoms with Crippen LogP contribution >= 0.6 is 0 Å². The van der Waals surface area contributed by atoms with Crippen LogP contribution in [0.4, 0.5) is 5.82 Å². The van der Waals surface area contributed by atoms with Gasteiger partial charge in [-0.2, -0.15) is 0 Å². The maximum atomic E-state index is 6.01. The second kappa shape index (κ2) is 6.14. The first kappa shape index (κ1) is 14.9. The van der Waals surface area contributed by atoms with Gasteiger partial charge in [-0.15, -0.1) is 0 Å². The lowest BCUT2D eigenvalue weighted by Gasteiger charge is -2.33. The number of rotatable bonds is 3. The minimum absolute atomic E-state index is 0.322. The van der Waals surface area contributed by atoms with Crippen molar-refractivity contribution in [3.05, 3.63) is 48.2 Å². The Hall–Kier alpha value is -2.43. The summed E-state index contributed by atoms with van der Waals surface area (Å²) in [5.74, 6) is 2.87. The summed E-state index contributed by atoms with van der Waals surface area (Å²) in [6.45, 7) is 1.95. The first-order chi connectivity index (χ1) is 12.4. The van der Waals surface area contributed by atoms with Gasteiger partial charge in [0.05, 0.1) is 5.92 Å². The van der Waals surface area contributed by atoms with Gasteiger partial charge in [-0.3, -0.25) is 0 Å². The van der Waals surface area contributed by atoms with E-state index in [9.17, 15) is 0 Å². The predicted molar refractivity (Wildman–Crippen MR) is 96.8 cm³/mol. The molecule has 3 heterocycles. The number of aromatic nitrogens is 3. The third kappa shape index (κ3) is 2.77. The lowest BCUT2D eigenvalue weighted by atomic mass is 9.83. The van der Waals surface area contributed by atoms with Gasteiger partial charge in [-0.25, -0.2) is 15.0 Å². The fraction of sp³-hybridized carbons (Fsp3) is 0.450. The highest BCUT2D eigenvalue weighted by atomic mass is 16.3. The molecule has 2 aliphatic rings. The average Bonchev–Trinajstić information content (AvgIpc) is 3.05. The molecule has 0 bridgehead atoms. The Morgan fingerprint density at radius 3 is 2.72 bits per heavy atom. The van der Waals surface area contributed by atoms with Crippen molar-refractivity contribution in [2.24, 2.45) is 0 Å². The topological polar surface area (TPSA) is 55.1 Å². The Morgan fingerprint density at radius 1 is 1.00 bits per heavy atom. The summed E-state index contributed by atoms with van der Waals surface area (Å²) in [7, 11) is 0. The molecular formula is C20H22N4O. The molecule has 25 heavy (non-hydrogen) atoms. The first-order valence-corrected chi connectivity index (χ1v) is 9.29. The number of hydrogen-bond donors (Lipinski definition) is 0. The SMILES string of the molecule is c1ccc2oc(C3CCCN(c4cc(C5CCC5)ncn4)C3)nc2c1. The molecule has 0 radical (unpaired) electrons. The van der Waals surface area contributed by atoms with Gasteiger partial charge >= 0.3 is 0 Å². The number of anilines is 1. The van der Waals surface area contributed by atoms with E-state index in [2.05, 4.69) is 20.9 Å². The largest absolute Gasteiger partial charge is 0.440 e. The minimum atomic E-state index is 0.322. The van der Waals surface area contributed by atoms with Crippen LogP contribution in [0.3, 0.4) is 0 Å². The molecule has 2 aromatic heterocycles. The molecule has 1 saturated heterocycles. The van der Waals surface area contributed by atoms with Crippen molar-refractivity contribution in [1.82, 2.24) is 15.0 Å². The Morgan fingerprint density at radius 2 is 1.88 bits per heavy atom. The van der Waals surface area contributed by atoms with E-state index >= 15 is 0 Å². The van der Waals surface area contributed by atoms with Crippen LogP contribution in [0.15, 0.2) is 41.1 Å². The smallest absolute Gasteiger partial charge is 0.200 e. The number of benzene rings is 1. The molecule has 0 amide bonds. The molecule has 1 aliphatic carbocycles. The number of piperidine rings is 1. The van der Waals surface area contributed by atoms with Crippen molar-refractivity contribution >= 4 is 16.9 Å². The second-order valence-electron chi connectivity index (χ2n) is 7.23. The van der Waals surface area contributed by atoms with Crippen molar-refractivity contribution in [3.63, 3.8) is 0 Å². The molecule has 5 rings (SSSR count). The zero-order chi connectivity index (χ0) is 16.6. The van der Waals surface area contributed by atoms with Gasteiger partial charge in [0, 0.05) is 30.8 Å². The Kier molecular flexibility index (Phi) is 3.65. The van der Waals surface area contributed by atoms with Crippen LogP contribution in [0, 0.1) is 0 Å². The highest BCUT2D eigenvalue weighted by Gasteiger charge is 2.27. The molecule has 1 atom stereocenters. The zero-order valence-electron chi connectivity index (χ0n) is 14.3. The highest BCUT2D eigenvalue weighted by molar-refractivity contribution is 5.72. The maximum absolute atomic E-state index is 6.01. The van der Waals surface area contributed by atoms with Gasteiger partial charge in [0.15, 0.2) is 11.5 Å². The van der Waals surface area contributed by atoms with E-state index in [-0.39, 0.29) is 0 Å². The zero-order valence-corrected chi connectivity index (χ0v) is 14.3. The average molecular weight is 334 g/mol. The van der Waals surface area contributed by atoms with Crippen LogP contribution in [-0.2, 0) is 0 Å². The van der Waals surface area contributed by atoms with Crippen molar-refractivity contribution in [3.8, 4) is 0 Å². The first-order valence-electron chi connectivity index (χ1n) is 9.29. The number of para-hydroxylation sites is 2. The van der Waals surface area contributed by atoms with Crippen LogP contribution in [0.5, 0.6) is 0 Å². The molecule has 3 aromatic rings. The molecule has 5 heteroatoms. The van der Waals surface area contributed by atoms with Gasteiger partial charge in [0.2, 0.25) is 0 Å². The Bertz CT molecular complexity index is 853. The van der Waals surface area contributed by atoms with E-state index in [0.29, 0.717) is 11.8 Å². The van der Waals surface area contributed by atoms with Crippen LogP contribution < -0.4 is 4.90 Å². The minimum Gasteiger partial charge on any atom is -0.440 e. The third-order valence-corrected chi connectivity index (χ3v) is 5.60. The van der Waals surface area contributed by atoms with Crippen LogP contribution in [0.1, 0.15) is 55.5 Å². The van der Waals surface area contributed by atoms with Crippen molar-refractivity contribution < 1.29 is 4.42 Å². The highest BCUT2D eigenvalue weighted by Crippen LogP contribution is 2.37. The molecule has 1 aromatic carbocycles. The molecule has 0 N–H and O–H groups in total. The predicted octanol–water partition coefficient (Wildman–Crippen LogP) is 4.27. The van der Waals surface area contributed by atoms with Gasteiger partial charge in [-0.05, 0) is 37.8 Å². The molecule has 128 valence electrons. The summed E-state index contributed by atoms with van der Waals surface area (Å²) in [5.41, 5.74) is 3.04. The second-order valence-corrected chi connectivity index (χ2v) is 7.23. The van der Waals surface area contributed by atoms with Gasteiger partial charge in [0.1, 0.15) is 17.7 Å². The number of nitrogens with zero attached hydrogens (tertiary/aromatic N) is 4. The van der Waals surface area contributed by atoms with Gasteiger partial charge < -0.3 is 9.32 Å². The van der Waals surface area contributed by atoms with E-state index in [1.165, 1.54) is 25.0 Å². The van der Waals surface area contributed by atoms with E-state index in [0.717, 1.165) is 48.7 Å². The third-order valence-electron chi connectivity index (χ3n) is 5.60. The van der Waals surface area contributed by atoms with Crippen molar-refractivity contribution in [1.29, 1.82) is 0 Å². The lowest BCUT2D eigenvalue weighted by Crippen LogP contribution is -2.35.